The number of esters is 1. The van der Waals surface area contributed by atoms with E-state index >= 15 is 0 Å². The van der Waals surface area contributed by atoms with Crippen LogP contribution in [0.2, 0.25) is 0 Å². The Hall–Kier alpha value is -3.50. The average Bonchev–Trinajstić information content (AvgIpc) is 3.12. The molecule has 1 atom stereocenters. The number of hydrogen-bond donors (Lipinski definition) is 2. The van der Waals surface area contributed by atoms with Crippen LogP contribution in [-0.2, 0) is 20.2 Å². The van der Waals surface area contributed by atoms with Crippen molar-refractivity contribution in [1.29, 1.82) is 0 Å². The Kier molecular flexibility index (Phi) is 7.24. The number of H-pyrrole nitrogens is 1. The molecular weight excluding hydrogens is 522 g/mol. The lowest BCUT2D eigenvalue weighted by Crippen LogP contribution is -2.18. The second-order valence-corrected chi connectivity index (χ2v) is 13.2. The standard InChI is InChI=1S/C28H31N3O5S2/c1-15-8-11-20(28(5,6)7)14-22(15)38(34,35)31-21-12-9-19(10-13-21)27(33)36-17(3)24-29-25(32)23-16(2)18(4)37-26(23)30-24/h8-14,17,31H,1-7H3,(H,29,30,32)/t17-/m0/s1. The maximum atomic E-state index is 13.1. The molecule has 0 aliphatic heterocycles. The van der Waals surface area contributed by atoms with Crippen molar-refractivity contribution in [2.24, 2.45) is 0 Å². The molecule has 0 fully saturated rings. The number of anilines is 1. The zero-order valence-corrected chi connectivity index (χ0v) is 24.1. The van der Waals surface area contributed by atoms with E-state index in [1.165, 1.54) is 35.6 Å². The maximum absolute atomic E-state index is 13.1. The number of fused-ring (bicyclic) bond motifs is 1. The predicted octanol–water partition coefficient (Wildman–Crippen LogP) is 5.93. The molecule has 38 heavy (non-hydrogen) atoms. The van der Waals surface area contributed by atoms with Crippen LogP contribution in [-0.4, -0.2) is 24.4 Å². The fourth-order valence-corrected chi connectivity index (χ4v) is 6.36. The first kappa shape index (κ1) is 27.5. The van der Waals surface area contributed by atoms with Crippen molar-refractivity contribution in [3.63, 3.8) is 0 Å². The summed E-state index contributed by atoms with van der Waals surface area (Å²) in [4.78, 5) is 34.3. The molecule has 0 amide bonds. The van der Waals surface area contributed by atoms with Gasteiger partial charge in [-0.3, -0.25) is 9.52 Å². The van der Waals surface area contributed by atoms with Crippen molar-refractivity contribution < 1.29 is 17.9 Å². The van der Waals surface area contributed by atoms with Gasteiger partial charge in [0.25, 0.3) is 15.6 Å². The van der Waals surface area contributed by atoms with Crippen LogP contribution in [0.15, 0.2) is 52.2 Å². The molecular formula is C28H31N3O5S2. The van der Waals surface area contributed by atoms with Gasteiger partial charge in [-0.15, -0.1) is 11.3 Å². The van der Waals surface area contributed by atoms with Gasteiger partial charge in [0.15, 0.2) is 11.9 Å². The number of aryl methyl sites for hydroxylation is 3. The normalized spacial score (nSPS) is 12.9. The first-order valence-corrected chi connectivity index (χ1v) is 14.4. The Morgan fingerprint density at radius 1 is 1.08 bits per heavy atom. The molecule has 0 saturated heterocycles. The molecule has 4 rings (SSSR count). The molecule has 2 aromatic heterocycles. The number of carbonyl (C=O) groups excluding carboxylic acids is 1. The minimum Gasteiger partial charge on any atom is -0.451 e. The Morgan fingerprint density at radius 2 is 1.74 bits per heavy atom. The number of ether oxygens (including phenoxy) is 1. The molecule has 200 valence electrons. The van der Waals surface area contributed by atoms with E-state index in [2.05, 4.69) is 14.7 Å². The van der Waals surface area contributed by atoms with Crippen molar-refractivity contribution in [3.05, 3.63) is 85.8 Å². The summed E-state index contributed by atoms with van der Waals surface area (Å²) in [6, 6.07) is 11.4. The minimum absolute atomic E-state index is 0.201. The quantitative estimate of drug-likeness (QED) is 0.286. The largest absolute Gasteiger partial charge is 0.451 e. The van der Waals surface area contributed by atoms with Gasteiger partial charge in [0.05, 0.1) is 15.8 Å². The van der Waals surface area contributed by atoms with Crippen molar-refractivity contribution in [2.75, 3.05) is 4.72 Å². The molecule has 0 aliphatic rings. The van der Waals surface area contributed by atoms with Gasteiger partial charge in [0.2, 0.25) is 0 Å². The van der Waals surface area contributed by atoms with E-state index in [9.17, 15) is 18.0 Å². The highest BCUT2D eigenvalue weighted by Gasteiger charge is 2.23. The van der Waals surface area contributed by atoms with Gasteiger partial charge in [0, 0.05) is 10.6 Å². The summed E-state index contributed by atoms with van der Waals surface area (Å²) in [5.41, 5.74) is 2.52. The zero-order chi connectivity index (χ0) is 28.0. The van der Waals surface area contributed by atoms with E-state index in [4.69, 9.17) is 4.74 Å². The Bertz CT molecular complexity index is 1700. The third-order valence-corrected chi connectivity index (χ3v) is 9.07. The number of aromatic amines is 1. The van der Waals surface area contributed by atoms with E-state index in [-0.39, 0.29) is 27.3 Å². The van der Waals surface area contributed by atoms with Crippen molar-refractivity contribution >= 4 is 43.2 Å². The molecule has 2 N–H and O–H groups in total. The summed E-state index contributed by atoms with van der Waals surface area (Å²) >= 11 is 1.42. The van der Waals surface area contributed by atoms with Gasteiger partial charge in [-0.1, -0.05) is 32.9 Å². The number of nitrogens with one attached hydrogen (secondary N) is 2. The highest BCUT2D eigenvalue weighted by Crippen LogP contribution is 2.29. The van der Waals surface area contributed by atoms with Crippen molar-refractivity contribution in [1.82, 2.24) is 9.97 Å². The Labute approximate surface area is 226 Å². The third-order valence-electron chi connectivity index (χ3n) is 6.44. The number of hydrogen-bond acceptors (Lipinski definition) is 7. The monoisotopic (exact) mass is 553 g/mol. The van der Waals surface area contributed by atoms with Gasteiger partial charge >= 0.3 is 5.97 Å². The first-order valence-electron chi connectivity index (χ1n) is 12.1. The molecule has 4 aromatic rings. The van der Waals surface area contributed by atoms with Gasteiger partial charge < -0.3 is 9.72 Å². The molecule has 2 aromatic carbocycles. The van der Waals surface area contributed by atoms with Crippen LogP contribution in [0.3, 0.4) is 0 Å². The molecule has 8 nitrogen and oxygen atoms in total. The molecule has 0 unspecified atom stereocenters. The summed E-state index contributed by atoms with van der Waals surface area (Å²) in [5.74, 6) is -0.365. The van der Waals surface area contributed by atoms with Crippen molar-refractivity contribution in [2.45, 2.75) is 64.9 Å². The van der Waals surface area contributed by atoms with Gasteiger partial charge in [0.1, 0.15) is 4.83 Å². The van der Waals surface area contributed by atoms with Crippen LogP contribution in [0.4, 0.5) is 5.69 Å². The summed E-state index contributed by atoms with van der Waals surface area (Å²) in [7, 11) is -3.85. The highest BCUT2D eigenvalue weighted by atomic mass is 32.2. The Morgan fingerprint density at radius 3 is 2.37 bits per heavy atom. The summed E-state index contributed by atoms with van der Waals surface area (Å²) in [6.07, 6.45) is -0.793. The van der Waals surface area contributed by atoms with Crippen LogP contribution in [0.1, 0.15) is 71.5 Å². The average molecular weight is 554 g/mol. The zero-order valence-electron chi connectivity index (χ0n) is 22.4. The van der Waals surface area contributed by atoms with E-state index < -0.39 is 22.1 Å². The van der Waals surface area contributed by atoms with Crippen LogP contribution in [0.5, 0.6) is 0 Å². The molecule has 0 saturated carbocycles. The predicted molar refractivity (Wildman–Crippen MR) is 151 cm³/mol. The fraction of sp³-hybridized carbons (Fsp3) is 0.321. The SMILES string of the molecule is Cc1ccc(C(C)(C)C)cc1S(=O)(=O)Nc1ccc(C(=O)O[C@@H](C)c2nc3sc(C)c(C)c3c(=O)[nH]2)cc1. The molecule has 0 spiro atoms. The molecule has 0 radical (unpaired) electrons. The van der Waals surface area contributed by atoms with Crippen LogP contribution < -0.4 is 10.3 Å². The lowest BCUT2D eigenvalue weighted by molar-refractivity contribution is 0.0320. The number of sulfonamides is 1. The third kappa shape index (κ3) is 5.51. The van der Waals surface area contributed by atoms with Crippen molar-refractivity contribution in [3.8, 4) is 0 Å². The van der Waals surface area contributed by atoms with Gasteiger partial charge in [-0.2, -0.15) is 0 Å². The number of aromatic nitrogens is 2. The molecule has 10 heteroatoms. The lowest BCUT2D eigenvalue weighted by Gasteiger charge is -2.21. The molecule has 2 heterocycles. The molecule has 0 bridgehead atoms. The van der Waals surface area contributed by atoms with Gasteiger partial charge in [-0.05, 0) is 80.1 Å². The number of benzene rings is 2. The van der Waals surface area contributed by atoms with E-state index in [1.807, 2.05) is 40.7 Å². The summed E-state index contributed by atoms with van der Waals surface area (Å²) in [6.45, 7) is 13.3. The van der Waals surface area contributed by atoms with Crippen LogP contribution in [0.25, 0.3) is 10.2 Å². The highest BCUT2D eigenvalue weighted by molar-refractivity contribution is 7.92. The summed E-state index contributed by atoms with van der Waals surface area (Å²) in [5, 5.41) is 0.549. The second-order valence-electron chi connectivity index (χ2n) is 10.4. The van der Waals surface area contributed by atoms with Crippen LogP contribution >= 0.6 is 11.3 Å². The number of thiophene rings is 1. The fourth-order valence-electron chi connectivity index (χ4n) is 3.99. The van der Waals surface area contributed by atoms with E-state index in [0.717, 1.165) is 16.0 Å². The maximum Gasteiger partial charge on any atom is 0.338 e. The minimum atomic E-state index is -3.85. The first-order chi connectivity index (χ1) is 17.7. The number of carbonyl (C=O) groups is 1. The number of nitrogens with zero attached hydrogens (tertiary/aromatic N) is 1. The summed E-state index contributed by atoms with van der Waals surface area (Å²) < 4.78 is 34.4. The smallest absolute Gasteiger partial charge is 0.338 e. The lowest BCUT2D eigenvalue weighted by atomic mass is 9.87. The van der Waals surface area contributed by atoms with Gasteiger partial charge in [-0.25, -0.2) is 18.2 Å². The topological polar surface area (TPSA) is 118 Å². The Balaban J connectivity index is 1.49. The van der Waals surface area contributed by atoms with Crippen LogP contribution in [0, 0.1) is 20.8 Å². The van der Waals surface area contributed by atoms with E-state index in [1.54, 1.807) is 26.0 Å². The van der Waals surface area contributed by atoms with E-state index in [0.29, 0.717) is 21.5 Å². The second kappa shape index (κ2) is 9.99. The molecule has 0 aliphatic carbocycles. The number of rotatable bonds is 6.